The van der Waals surface area contributed by atoms with Crippen LogP contribution in [0.25, 0.3) is 11.3 Å². The van der Waals surface area contributed by atoms with Crippen LogP contribution in [0, 0.1) is 17.1 Å². The predicted octanol–water partition coefficient (Wildman–Crippen LogP) is 1.22. The summed E-state index contributed by atoms with van der Waals surface area (Å²) in [6, 6.07) is 6.29. The Labute approximate surface area is 152 Å². The number of aromatic nitrogens is 6. The van der Waals surface area contributed by atoms with Gasteiger partial charge in [-0.15, -0.1) is 5.10 Å². The van der Waals surface area contributed by atoms with Crippen LogP contribution in [0.1, 0.15) is 0 Å². The molecule has 10 nitrogen and oxygen atoms in total. The Bertz CT molecular complexity index is 1010. The number of cyclic esters (lactones) is 1. The maximum Gasteiger partial charge on any atom is 0.414 e. The minimum atomic E-state index is -0.552. The molecule has 27 heavy (non-hydrogen) atoms. The zero-order valence-corrected chi connectivity index (χ0v) is 13.9. The van der Waals surface area contributed by atoms with Crippen LogP contribution < -0.4 is 4.90 Å². The summed E-state index contributed by atoms with van der Waals surface area (Å²) in [4.78, 5) is 14.7. The van der Waals surface area contributed by atoms with Crippen molar-refractivity contribution in [2.24, 2.45) is 0 Å². The third kappa shape index (κ3) is 3.32. The Hall–Kier alpha value is -3.81. The number of amides is 1. The highest BCUT2D eigenvalue weighted by Crippen LogP contribution is 2.28. The Kier molecular flexibility index (Phi) is 4.21. The molecule has 1 atom stereocenters. The summed E-state index contributed by atoms with van der Waals surface area (Å²) >= 11 is 0. The fourth-order valence-electron chi connectivity index (χ4n) is 2.81. The summed E-state index contributed by atoms with van der Waals surface area (Å²) in [6.45, 7) is 0.618. The van der Waals surface area contributed by atoms with Crippen LogP contribution in [0.2, 0.25) is 0 Å². The summed E-state index contributed by atoms with van der Waals surface area (Å²) < 4.78 is 21.4. The molecule has 1 amide bonds. The first-order valence-corrected chi connectivity index (χ1v) is 8.03. The summed E-state index contributed by atoms with van der Waals surface area (Å²) in [6.07, 6.45) is 3.63. The molecule has 11 heteroatoms. The highest BCUT2D eigenvalue weighted by Gasteiger charge is 2.33. The van der Waals surface area contributed by atoms with Crippen molar-refractivity contribution in [3.05, 3.63) is 42.6 Å². The van der Waals surface area contributed by atoms with Gasteiger partial charge in [-0.2, -0.15) is 20.3 Å². The molecule has 0 spiro atoms. The Morgan fingerprint density at radius 1 is 1.41 bits per heavy atom. The van der Waals surface area contributed by atoms with Gasteiger partial charge in [-0.3, -0.25) is 4.90 Å². The maximum absolute atomic E-state index is 14.6. The van der Waals surface area contributed by atoms with Crippen molar-refractivity contribution in [1.29, 1.82) is 5.26 Å². The highest BCUT2D eigenvalue weighted by molar-refractivity contribution is 5.90. The quantitative estimate of drug-likeness (QED) is 0.665. The number of hydrogen-bond acceptors (Lipinski definition) is 7. The number of carbonyl (C=O) groups excluding carboxylic acids is 1. The van der Waals surface area contributed by atoms with Gasteiger partial charge >= 0.3 is 6.09 Å². The molecule has 0 N–H and O–H groups in total. The number of halogens is 1. The lowest BCUT2D eigenvalue weighted by atomic mass is 10.1. The number of anilines is 1. The number of hydrogen-bond donors (Lipinski definition) is 0. The number of benzene rings is 1. The van der Waals surface area contributed by atoms with Gasteiger partial charge in [0.2, 0.25) is 0 Å². The van der Waals surface area contributed by atoms with Crippen molar-refractivity contribution < 1.29 is 13.9 Å². The lowest BCUT2D eigenvalue weighted by Gasteiger charge is -2.14. The molecular weight excluding hydrogens is 355 g/mol. The molecule has 3 heterocycles. The molecule has 1 aliphatic heterocycles. The van der Waals surface area contributed by atoms with E-state index in [-0.39, 0.29) is 18.7 Å². The molecule has 4 rings (SSSR count). The van der Waals surface area contributed by atoms with Crippen LogP contribution in [0.4, 0.5) is 14.9 Å². The van der Waals surface area contributed by atoms with E-state index < -0.39 is 18.0 Å². The van der Waals surface area contributed by atoms with E-state index in [0.717, 1.165) is 0 Å². The number of carbonyl (C=O) groups is 1. The van der Waals surface area contributed by atoms with Crippen molar-refractivity contribution in [3.8, 4) is 17.3 Å². The fourth-order valence-corrected chi connectivity index (χ4v) is 2.81. The van der Waals surface area contributed by atoms with Gasteiger partial charge in [-0.1, -0.05) is 5.21 Å². The third-order valence-electron chi connectivity index (χ3n) is 4.03. The second-order valence-corrected chi connectivity index (χ2v) is 5.82. The van der Waals surface area contributed by atoms with Crippen LogP contribution in [0.5, 0.6) is 0 Å². The van der Waals surface area contributed by atoms with E-state index in [1.165, 1.54) is 34.2 Å². The molecule has 1 fully saturated rings. The lowest BCUT2D eigenvalue weighted by Crippen LogP contribution is -2.26. The van der Waals surface area contributed by atoms with E-state index in [0.29, 0.717) is 17.9 Å². The first kappa shape index (κ1) is 16.6. The first-order chi connectivity index (χ1) is 13.1. The Morgan fingerprint density at radius 2 is 2.30 bits per heavy atom. The van der Waals surface area contributed by atoms with E-state index in [4.69, 9.17) is 10.00 Å². The monoisotopic (exact) mass is 368 g/mol. The van der Waals surface area contributed by atoms with Crippen molar-refractivity contribution in [2.45, 2.75) is 19.2 Å². The number of ether oxygens (including phenoxy) is 1. The molecule has 0 radical (unpaired) electrons. The molecule has 0 saturated carbocycles. The SMILES string of the molecule is N#CCn1ncc(-c2ccc(N3C[C@H](Cn4ccnn4)OC3=O)cc2F)n1. The molecular formula is C16H13FN8O2. The van der Waals surface area contributed by atoms with Gasteiger partial charge < -0.3 is 4.74 Å². The lowest BCUT2D eigenvalue weighted by molar-refractivity contribution is 0.129. The minimum Gasteiger partial charge on any atom is -0.442 e. The maximum atomic E-state index is 14.6. The van der Waals surface area contributed by atoms with Crippen molar-refractivity contribution in [2.75, 3.05) is 11.4 Å². The summed E-state index contributed by atoms with van der Waals surface area (Å²) in [7, 11) is 0. The van der Waals surface area contributed by atoms with E-state index in [2.05, 4.69) is 20.5 Å². The van der Waals surface area contributed by atoms with Crippen LogP contribution in [0.15, 0.2) is 36.8 Å². The smallest absolute Gasteiger partial charge is 0.414 e. The van der Waals surface area contributed by atoms with Gasteiger partial charge in [0.25, 0.3) is 0 Å². The van der Waals surface area contributed by atoms with Crippen LogP contribution >= 0.6 is 0 Å². The summed E-state index contributed by atoms with van der Waals surface area (Å²) in [5.41, 5.74) is 0.920. The zero-order chi connectivity index (χ0) is 18.8. The Morgan fingerprint density at radius 3 is 3.04 bits per heavy atom. The fraction of sp³-hybridized carbons (Fsp3) is 0.250. The van der Waals surface area contributed by atoms with E-state index in [1.54, 1.807) is 16.9 Å². The van der Waals surface area contributed by atoms with E-state index in [9.17, 15) is 9.18 Å². The van der Waals surface area contributed by atoms with Crippen LogP contribution in [-0.4, -0.2) is 48.7 Å². The molecule has 1 saturated heterocycles. The van der Waals surface area contributed by atoms with Crippen LogP contribution in [-0.2, 0) is 17.8 Å². The molecule has 0 bridgehead atoms. The average molecular weight is 368 g/mol. The normalized spacial score (nSPS) is 16.4. The first-order valence-electron chi connectivity index (χ1n) is 8.03. The average Bonchev–Trinajstić information content (AvgIpc) is 3.38. The summed E-state index contributed by atoms with van der Waals surface area (Å²) in [5.74, 6) is -0.552. The van der Waals surface area contributed by atoms with E-state index in [1.807, 2.05) is 6.07 Å². The molecule has 1 aliphatic rings. The van der Waals surface area contributed by atoms with Crippen molar-refractivity contribution in [1.82, 2.24) is 30.0 Å². The second-order valence-electron chi connectivity index (χ2n) is 5.82. The molecule has 136 valence electrons. The number of rotatable bonds is 5. The Balaban J connectivity index is 1.51. The standard InChI is InChI=1S/C16H13FN8O2/c17-14-7-11(1-2-13(14)15-8-20-25(21-15)5-3-18)24-10-12(27-16(24)26)9-23-6-4-19-22-23/h1-2,4,6-8,12H,5,9-10H2/t12-/m0/s1. The zero-order valence-electron chi connectivity index (χ0n) is 13.9. The van der Waals surface area contributed by atoms with Gasteiger partial charge in [0.05, 0.1) is 37.2 Å². The molecule has 0 unspecified atom stereocenters. The van der Waals surface area contributed by atoms with Crippen molar-refractivity contribution in [3.63, 3.8) is 0 Å². The predicted molar refractivity (Wildman–Crippen MR) is 88.7 cm³/mol. The topological polar surface area (TPSA) is 115 Å². The highest BCUT2D eigenvalue weighted by atomic mass is 19.1. The summed E-state index contributed by atoms with van der Waals surface area (Å²) in [5, 5.41) is 24.1. The van der Waals surface area contributed by atoms with Gasteiger partial charge in [0.1, 0.15) is 24.2 Å². The van der Waals surface area contributed by atoms with Gasteiger partial charge in [-0.25, -0.2) is 13.9 Å². The second kappa shape index (κ2) is 6.83. The largest absolute Gasteiger partial charge is 0.442 e. The number of nitriles is 1. The molecule has 1 aromatic carbocycles. The van der Waals surface area contributed by atoms with Crippen LogP contribution in [0.3, 0.4) is 0 Å². The van der Waals surface area contributed by atoms with Gasteiger partial charge in [0.15, 0.2) is 0 Å². The van der Waals surface area contributed by atoms with Gasteiger partial charge in [0, 0.05) is 11.8 Å². The molecule has 3 aromatic rings. The third-order valence-corrected chi connectivity index (χ3v) is 4.03. The van der Waals surface area contributed by atoms with Gasteiger partial charge in [-0.05, 0) is 18.2 Å². The molecule has 2 aromatic heterocycles. The number of nitrogens with zero attached hydrogens (tertiary/aromatic N) is 8. The molecule has 0 aliphatic carbocycles. The minimum absolute atomic E-state index is 0.0213. The van der Waals surface area contributed by atoms with E-state index >= 15 is 0 Å². The van der Waals surface area contributed by atoms with Crippen molar-refractivity contribution >= 4 is 11.8 Å².